The standard InChI is InChI=1S/C26H42O9/c1-23(2,32)16-8-9-25(4)17(16)11-20-26(5,35-20)18(27)7-6-15(10-19(25)28)14-34-22(31)13-24(3,33)12-21(29)30/h10,16-20,27-28,32-33H,6-9,11-14H2,1-5H3,(H,29,30)/b15-10-/t16-,17+,18-,19+,20-,24-,25+,26-/m0/s1. The SMILES string of the molecule is CC(C)(O)[C@H]1CC[C@@]2(C)[C@H](O)/C=C(\COC(=O)C[C@@](C)(O)CC(=O)O)CC[C@H](O)[C@]3(C)O[C@H]3C[C@H]12. The first-order chi connectivity index (χ1) is 16.0. The van der Waals surface area contributed by atoms with Crippen LogP contribution in [0.3, 0.4) is 0 Å². The Morgan fingerprint density at radius 2 is 1.80 bits per heavy atom. The van der Waals surface area contributed by atoms with E-state index in [0.717, 1.165) is 6.42 Å². The van der Waals surface area contributed by atoms with E-state index in [-0.39, 0.29) is 24.5 Å². The van der Waals surface area contributed by atoms with Crippen LogP contribution in [-0.2, 0) is 19.1 Å². The molecule has 35 heavy (non-hydrogen) atoms. The lowest BCUT2D eigenvalue weighted by Gasteiger charge is -2.40. The van der Waals surface area contributed by atoms with Crippen molar-refractivity contribution in [3.8, 4) is 0 Å². The number of rotatable bonds is 7. The largest absolute Gasteiger partial charge is 0.481 e. The van der Waals surface area contributed by atoms with Crippen molar-refractivity contribution in [1.82, 2.24) is 0 Å². The van der Waals surface area contributed by atoms with Crippen molar-refractivity contribution < 1.29 is 44.6 Å². The molecule has 1 saturated carbocycles. The van der Waals surface area contributed by atoms with Crippen molar-refractivity contribution in [3.63, 3.8) is 0 Å². The second-order valence-corrected chi connectivity index (χ2v) is 12.2. The minimum absolute atomic E-state index is 0.0409. The Balaban J connectivity index is 1.81. The van der Waals surface area contributed by atoms with Gasteiger partial charge in [-0.05, 0) is 77.2 Å². The van der Waals surface area contributed by atoms with Gasteiger partial charge in [-0.3, -0.25) is 9.59 Å². The molecule has 3 aliphatic rings. The Hall–Kier alpha value is -1.52. The Bertz CT molecular complexity index is 844. The molecule has 0 unspecified atom stereocenters. The summed E-state index contributed by atoms with van der Waals surface area (Å²) in [5.74, 6) is -2.05. The molecule has 0 amide bonds. The molecule has 0 aromatic rings. The maximum Gasteiger partial charge on any atom is 0.309 e. The third-order valence-corrected chi connectivity index (χ3v) is 8.63. The highest BCUT2D eigenvalue weighted by molar-refractivity contribution is 5.73. The molecular formula is C26H42O9. The minimum Gasteiger partial charge on any atom is -0.481 e. The van der Waals surface area contributed by atoms with Gasteiger partial charge in [-0.15, -0.1) is 0 Å². The number of aliphatic hydroxyl groups excluding tert-OH is 2. The van der Waals surface area contributed by atoms with E-state index in [1.807, 2.05) is 13.8 Å². The summed E-state index contributed by atoms with van der Waals surface area (Å²) in [6.45, 7) is 8.62. The molecule has 0 bridgehead atoms. The number of aliphatic hydroxyl groups is 4. The zero-order chi connectivity index (χ0) is 26.4. The van der Waals surface area contributed by atoms with E-state index in [0.29, 0.717) is 31.3 Å². The monoisotopic (exact) mass is 498 g/mol. The fraction of sp³-hybridized carbons (Fsp3) is 0.846. The van der Waals surface area contributed by atoms with E-state index in [9.17, 15) is 30.0 Å². The van der Waals surface area contributed by atoms with Crippen LogP contribution in [0.15, 0.2) is 11.6 Å². The number of carbonyl (C=O) groups excluding carboxylic acids is 1. The van der Waals surface area contributed by atoms with Crippen LogP contribution in [0, 0.1) is 17.3 Å². The summed E-state index contributed by atoms with van der Waals surface area (Å²) >= 11 is 0. The molecule has 9 heteroatoms. The second-order valence-electron chi connectivity index (χ2n) is 12.2. The lowest BCUT2D eigenvalue weighted by molar-refractivity contribution is -0.151. The highest BCUT2D eigenvalue weighted by Crippen LogP contribution is 2.58. The molecule has 200 valence electrons. The number of esters is 1. The number of carboxylic acids is 1. The molecule has 2 fully saturated rings. The van der Waals surface area contributed by atoms with Gasteiger partial charge in [0.2, 0.25) is 0 Å². The molecular weight excluding hydrogens is 456 g/mol. The normalized spacial score (nSPS) is 40.8. The van der Waals surface area contributed by atoms with Crippen LogP contribution in [0.2, 0.25) is 0 Å². The number of aliphatic carboxylic acids is 1. The number of ether oxygens (including phenoxy) is 2. The molecule has 1 aliphatic heterocycles. The molecule has 8 atom stereocenters. The molecule has 2 aliphatic carbocycles. The zero-order valence-corrected chi connectivity index (χ0v) is 21.5. The van der Waals surface area contributed by atoms with Gasteiger partial charge in [0.05, 0.1) is 42.4 Å². The van der Waals surface area contributed by atoms with Crippen LogP contribution in [0.1, 0.15) is 79.6 Å². The average Bonchev–Trinajstić information content (AvgIpc) is 3.22. The predicted molar refractivity (Wildman–Crippen MR) is 126 cm³/mol. The smallest absolute Gasteiger partial charge is 0.309 e. The number of fused-ring (bicyclic) bond motifs is 2. The van der Waals surface area contributed by atoms with E-state index in [1.165, 1.54) is 6.92 Å². The molecule has 0 radical (unpaired) electrons. The first-order valence-corrected chi connectivity index (χ1v) is 12.5. The molecule has 5 N–H and O–H groups in total. The third-order valence-electron chi connectivity index (χ3n) is 8.63. The van der Waals surface area contributed by atoms with Crippen molar-refractivity contribution in [3.05, 3.63) is 11.6 Å². The van der Waals surface area contributed by atoms with Crippen LogP contribution in [0.25, 0.3) is 0 Å². The molecule has 0 spiro atoms. The van der Waals surface area contributed by atoms with Crippen molar-refractivity contribution >= 4 is 11.9 Å². The molecule has 1 heterocycles. The number of carboxylic acid groups (broad SMARTS) is 1. The first-order valence-electron chi connectivity index (χ1n) is 12.5. The highest BCUT2D eigenvalue weighted by Gasteiger charge is 2.62. The van der Waals surface area contributed by atoms with Crippen LogP contribution >= 0.6 is 0 Å². The summed E-state index contributed by atoms with van der Waals surface area (Å²) in [4.78, 5) is 23.2. The molecule has 0 aromatic carbocycles. The number of hydrogen-bond acceptors (Lipinski definition) is 8. The highest BCUT2D eigenvalue weighted by atomic mass is 16.6. The quantitative estimate of drug-likeness (QED) is 0.201. The van der Waals surface area contributed by atoms with Crippen LogP contribution in [-0.4, -0.2) is 79.2 Å². The van der Waals surface area contributed by atoms with Crippen molar-refractivity contribution in [2.75, 3.05) is 6.61 Å². The molecule has 9 nitrogen and oxygen atoms in total. The van der Waals surface area contributed by atoms with E-state index in [1.54, 1.807) is 19.9 Å². The van der Waals surface area contributed by atoms with E-state index >= 15 is 0 Å². The van der Waals surface area contributed by atoms with Gasteiger partial charge in [-0.1, -0.05) is 13.0 Å². The van der Waals surface area contributed by atoms with E-state index < -0.39 is 59.2 Å². The molecule has 1 saturated heterocycles. The van der Waals surface area contributed by atoms with Crippen LogP contribution < -0.4 is 0 Å². The minimum atomic E-state index is -1.73. The second kappa shape index (κ2) is 9.74. The zero-order valence-electron chi connectivity index (χ0n) is 21.5. The summed E-state index contributed by atoms with van der Waals surface area (Å²) in [5, 5.41) is 52.1. The average molecular weight is 499 g/mol. The fourth-order valence-electron chi connectivity index (χ4n) is 6.19. The van der Waals surface area contributed by atoms with E-state index in [2.05, 4.69) is 0 Å². The predicted octanol–water partition coefficient (Wildman–Crippen LogP) is 1.94. The molecule has 3 rings (SSSR count). The summed E-state index contributed by atoms with van der Waals surface area (Å²) < 4.78 is 11.3. The topological polar surface area (TPSA) is 157 Å². The fourth-order valence-corrected chi connectivity index (χ4v) is 6.19. The van der Waals surface area contributed by atoms with Gasteiger partial charge >= 0.3 is 11.9 Å². The van der Waals surface area contributed by atoms with Crippen molar-refractivity contribution in [2.24, 2.45) is 17.3 Å². The van der Waals surface area contributed by atoms with Gasteiger partial charge in [0.15, 0.2) is 0 Å². The van der Waals surface area contributed by atoms with Crippen molar-refractivity contribution in [1.29, 1.82) is 0 Å². The van der Waals surface area contributed by atoms with Gasteiger partial charge in [0, 0.05) is 5.41 Å². The summed E-state index contributed by atoms with van der Waals surface area (Å²) in [6, 6.07) is 0. The van der Waals surface area contributed by atoms with E-state index in [4.69, 9.17) is 14.6 Å². The van der Waals surface area contributed by atoms with Crippen LogP contribution in [0.5, 0.6) is 0 Å². The Kier molecular flexibility index (Phi) is 7.81. The van der Waals surface area contributed by atoms with Gasteiger partial charge in [0.25, 0.3) is 0 Å². The number of epoxide rings is 1. The Morgan fingerprint density at radius 3 is 2.40 bits per heavy atom. The third kappa shape index (κ3) is 6.25. The maximum atomic E-state index is 12.3. The Labute approximate surface area is 207 Å². The summed E-state index contributed by atoms with van der Waals surface area (Å²) in [5.41, 5.74) is -3.25. The summed E-state index contributed by atoms with van der Waals surface area (Å²) in [7, 11) is 0. The van der Waals surface area contributed by atoms with Gasteiger partial charge in [-0.25, -0.2) is 0 Å². The van der Waals surface area contributed by atoms with Crippen molar-refractivity contribution in [2.45, 2.75) is 115 Å². The lowest BCUT2D eigenvalue weighted by Crippen LogP contribution is -2.43. The van der Waals surface area contributed by atoms with Gasteiger partial charge in [0.1, 0.15) is 12.2 Å². The van der Waals surface area contributed by atoms with Crippen LogP contribution in [0.4, 0.5) is 0 Å². The molecule has 0 aromatic heterocycles. The number of hydrogen-bond donors (Lipinski definition) is 5. The van der Waals surface area contributed by atoms with Gasteiger partial charge in [-0.2, -0.15) is 0 Å². The first kappa shape index (κ1) is 28.1. The lowest BCUT2D eigenvalue weighted by atomic mass is 9.67. The maximum absolute atomic E-state index is 12.3. The van der Waals surface area contributed by atoms with Gasteiger partial charge < -0.3 is 35.0 Å². The Morgan fingerprint density at radius 1 is 1.14 bits per heavy atom. The number of carbonyl (C=O) groups is 2. The summed E-state index contributed by atoms with van der Waals surface area (Å²) in [6.07, 6.45) is 1.71.